The van der Waals surface area contributed by atoms with Gasteiger partial charge in [-0.25, -0.2) is 4.79 Å². The van der Waals surface area contributed by atoms with Crippen molar-refractivity contribution >= 4 is 35.8 Å². The Bertz CT molecular complexity index is 657. The van der Waals surface area contributed by atoms with Crippen LogP contribution in [0.5, 0.6) is 0 Å². The number of carboxylic acids is 2. The van der Waals surface area contributed by atoms with E-state index in [4.69, 9.17) is 27.4 Å². The van der Waals surface area contributed by atoms with Gasteiger partial charge in [-0.3, -0.25) is 24.0 Å². The monoisotopic (exact) mass is 501 g/mol. The summed E-state index contributed by atoms with van der Waals surface area (Å²) in [7, 11) is 0. The number of ether oxygens (including phenoxy) is 2. The first-order valence-electron chi connectivity index (χ1n) is 8.14. The SMILES string of the molecule is N[C@@H](CCC(=O)OC(=O)CC[C@H](N)C(=O)OC(=O)CC[C@H](N)C(=O)O)C(=O)O.[H-].[H-].[H-].[H-].[Na+].[Na+].[Na+].[Na+]. The van der Waals surface area contributed by atoms with Crippen molar-refractivity contribution in [3.05, 3.63) is 0 Å². The van der Waals surface area contributed by atoms with Crippen LogP contribution in [0.25, 0.3) is 0 Å². The molecule has 0 aliphatic heterocycles. The average molecular weight is 501 g/mol. The fraction of sp³-hybridized carbons (Fsp3) is 0.600. The van der Waals surface area contributed by atoms with Crippen LogP contribution in [0.15, 0.2) is 0 Å². The number of esters is 4. The van der Waals surface area contributed by atoms with Gasteiger partial charge in [0.15, 0.2) is 0 Å². The van der Waals surface area contributed by atoms with Crippen molar-refractivity contribution < 1.29 is 172 Å². The number of carboxylic acid groups (broad SMARTS) is 2. The molecule has 17 heteroatoms. The van der Waals surface area contributed by atoms with Gasteiger partial charge in [-0.1, -0.05) is 0 Å². The van der Waals surface area contributed by atoms with Crippen LogP contribution < -0.4 is 135 Å². The molecule has 0 amide bonds. The van der Waals surface area contributed by atoms with E-state index >= 15 is 0 Å². The van der Waals surface area contributed by atoms with Crippen LogP contribution in [-0.4, -0.2) is 64.2 Å². The zero-order chi connectivity index (χ0) is 21.9. The molecular formula is C15H27N3Na4O10. The van der Waals surface area contributed by atoms with Gasteiger partial charge in [0, 0.05) is 19.3 Å². The Morgan fingerprint density at radius 3 is 1.19 bits per heavy atom. The summed E-state index contributed by atoms with van der Waals surface area (Å²) in [5, 5.41) is 17.1. The second-order valence-electron chi connectivity index (χ2n) is 5.75. The molecule has 0 rings (SSSR count). The Hall–Kier alpha value is 1.10. The number of hydrogen-bond acceptors (Lipinski definition) is 11. The first kappa shape index (κ1) is 43.2. The van der Waals surface area contributed by atoms with E-state index in [-0.39, 0.29) is 150 Å². The van der Waals surface area contributed by atoms with E-state index in [0.717, 1.165) is 0 Å². The van der Waals surface area contributed by atoms with Gasteiger partial charge in [-0.2, -0.15) is 0 Å². The fourth-order valence-electron chi connectivity index (χ4n) is 1.65. The number of carbonyl (C=O) groups is 6. The van der Waals surface area contributed by atoms with E-state index in [1.54, 1.807) is 0 Å². The Labute approximate surface area is 278 Å². The van der Waals surface area contributed by atoms with E-state index in [1.807, 2.05) is 0 Å². The molecule has 0 aromatic heterocycles. The Morgan fingerprint density at radius 1 is 0.594 bits per heavy atom. The fourth-order valence-corrected chi connectivity index (χ4v) is 1.65. The summed E-state index contributed by atoms with van der Waals surface area (Å²) in [6, 6.07) is -3.91. The molecule has 166 valence electrons. The molecule has 3 atom stereocenters. The number of rotatable bonds is 12. The van der Waals surface area contributed by atoms with Crippen molar-refractivity contribution in [1.82, 2.24) is 0 Å². The molecule has 0 spiro atoms. The van der Waals surface area contributed by atoms with Crippen LogP contribution in [0, 0.1) is 0 Å². The molecule has 32 heavy (non-hydrogen) atoms. The van der Waals surface area contributed by atoms with Crippen LogP contribution in [0.4, 0.5) is 0 Å². The summed E-state index contributed by atoms with van der Waals surface area (Å²) in [5.41, 5.74) is 15.9. The first-order valence-corrected chi connectivity index (χ1v) is 8.14. The van der Waals surface area contributed by atoms with Gasteiger partial charge in [-0.05, 0) is 19.3 Å². The number of nitrogens with two attached hydrogens (primary N) is 3. The molecule has 0 bridgehead atoms. The molecule has 0 aliphatic rings. The predicted octanol–water partition coefficient (Wildman–Crippen LogP) is -13.9. The van der Waals surface area contributed by atoms with Gasteiger partial charge >= 0.3 is 154 Å². The van der Waals surface area contributed by atoms with Gasteiger partial charge < -0.3 is 42.6 Å². The molecule has 8 N–H and O–H groups in total. The zero-order valence-corrected chi connectivity index (χ0v) is 26.9. The van der Waals surface area contributed by atoms with Crippen LogP contribution in [0.3, 0.4) is 0 Å². The largest absolute Gasteiger partial charge is 1.00 e. The third-order valence-corrected chi connectivity index (χ3v) is 3.36. The topological polar surface area (TPSA) is 239 Å². The third-order valence-electron chi connectivity index (χ3n) is 3.36. The molecule has 0 unspecified atom stereocenters. The quantitative estimate of drug-likeness (QED) is 0.0949. The Kier molecular flexibility index (Phi) is 32.2. The molecule has 0 radical (unpaired) electrons. The van der Waals surface area contributed by atoms with Crippen LogP contribution in [-0.2, 0) is 38.2 Å². The zero-order valence-electron chi connectivity index (χ0n) is 22.9. The molecule has 0 aromatic carbocycles. The van der Waals surface area contributed by atoms with E-state index in [1.165, 1.54) is 0 Å². The van der Waals surface area contributed by atoms with E-state index < -0.39 is 66.8 Å². The molecule has 0 aromatic rings. The van der Waals surface area contributed by atoms with Crippen LogP contribution in [0.2, 0.25) is 0 Å². The minimum atomic E-state index is -1.36. The van der Waals surface area contributed by atoms with Gasteiger partial charge in [0.05, 0.1) is 0 Å². The smallest absolute Gasteiger partial charge is 1.00 e. The second kappa shape index (κ2) is 23.8. The number of aliphatic carboxylic acids is 2. The average Bonchev–Trinajstić information content (AvgIpc) is 2.61. The molecule has 0 fully saturated rings. The molecule has 0 saturated heterocycles. The van der Waals surface area contributed by atoms with E-state index in [2.05, 4.69) is 9.47 Å². The number of carbonyl (C=O) groups excluding carboxylic acids is 4. The Balaban J connectivity index is -0.000000130. The summed E-state index contributed by atoms with van der Waals surface area (Å²) >= 11 is 0. The second-order valence-corrected chi connectivity index (χ2v) is 5.75. The standard InChI is InChI=1S/C15H23N3O10.4Na.4H/c16-7(13(22)23)1-4-10(19)27-11(20)6-3-9(18)15(26)28-12(21)5-2-8(17)14(24)25;;;;;;;;/h7-9H,1-6,16-18H2,(H,22,23)(H,24,25);;;;;;;;/q;4*+1;4*-1/t7-,8-,9-;;;;;;;;/m0......../s1. The molecule has 13 nitrogen and oxygen atoms in total. The molecular weight excluding hydrogens is 474 g/mol. The van der Waals surface area contributed by atoms with Crippen LogP contribution in [0.1, 0.15) is 44.2 Å². The normalized spacial score (nSPS) is 12.0. The number of hydrogen-bond donors (Lipinski definition) is 5. The van der Waals surface area contributed by atoms with E-state index in [9.17, 15) is 28.8 Å². The van der Waals surface area contributed by atoms with Crippen molar-refractivity contribution in [3.8, 4) is 0 Å². The minimum absolute atomic E-state index is 0. The maximum absolute atomic E-state index is 11.6. The maximum Gasteiger partial charge on any atom is 1.00 e. The molecule has 0 saturated carbocycles. The van der Waals surface area contributed by atoms with Crippen molar-refractivity contribution in [2.24, 2.45) is 17.2 Å². The minimum Gasteiger partial charge on any atom is -1.00 e. The van der Waals surface area contributed by atoms with Crippen molar-refractivity contribution in [2.75, 3.05) is 0 Å². The summed E-state index contributed by atoms with van der Waals surface area (Å²) < 4.78 is 8.81. The van der Waals surface area contributed by atoms with Crippen molar-refractivity contribution in [2.45, 2.75) is 56.7 Å². The van der Waals surface area contributed by atoms with Gasteiger partial charge in [-0.15, -0.1) is 0 Å². The van der Waals surface area contributed by atoms with Gasteiger partial charge in [0.25, 0.3) is 0 Å². The van der Waals surface area contributed by atoms with E-state index in [0.29, 0.717) is 0 Å². The predicted molar refractivity (Wildman–Crippen MR) is 93.5 cm³/mol. The Morgan fingerprint density at radius 2 is 0.875 bits per heavy atom. The van der Waals surface area contributed by atoms with Crippen LogP contribution >= 0.6 is 0 Å². The first-order chi connectivity index (χ1) is 12.9. The third kappa shape index (κ3) is 21.6. The summed E-state index contributed by atoms with van der Waals surface area (Å²) in [4.78, 5) is 66.9. The molecule has 0 aliphatic carbocycles. The summed E-state index contributed by atoms with van der Waals surface area (Å²) in [6.07, 6.45) is -1.99. The van der Waals surface area contributed by atoms with Crippen molar-refractivity contribution in [3.63, 3.8) is 0 Å². The van der Waals surface area contributed by atoms with Crippen molar-refractivity contribution in [1.29, 1.82) is 0 Å². The summed E-state index contributed by atoms with van der Waals surface area (Å²) in [6.45, 7) is 0. The molecule has 0 heterocycles. The van der Waals surface area contributed by atoms with Gasteiger partial charge in [0.1, 0.15) is 18.1 Å². The summed E-state index contributed by atoms with van der Waals surface area (Å²) in [5.74, 6) is -6.76. The maximum atomic E-state index is 11.6. The van der Waals surface area contributed by atoms with Gasteiger partial charge in [0.2, 0.25) is 0 Å².